The summed E-state index contributed by atoms with van der Waals surface area (Å²) in [6.45, 7) is 4.34. The largest absolute Gasteiger partial charge is 0.351 e. The lowest BCUT2D eigenvalue weighted by atomic mass is 9.99. The predicted octanol–water partition coefficient (Wildman–Crippen LogP) is 5.87. The fraction of sp³-hybridized carbons (Fsp3) is 0.346. The van der Waals surface area contributed by atoms with Gasteiger partial charge in [-0.25, -0.2) is 4.98 Å². The molecule has 0 aliphatic carbocycles. The Labute approximate surface area is 178 Å². The van der Waals surface area contributed by atoms with Crippen LogP contribution in [0.1, 0.15) is 61.5 Å². The van der Waals surface area contributed by atoms with Crippen molar-refractivity contribution in [3.63, 3.8) is 0 Å². The first kappa shape index (κ1) is 21.7. The minimum Gasteiger partial charge on any atom is -0.351 e. The summed E-state index contributed by atoms with van der Waals surface area (Å²) in [6, 6.07) is 18.1. The molecule has 1 heterocycles. The topological polar surface area (TPSA) is 59.1 Å². The Morgan fingerprint density at radius 1 is 0.900 bits per heavy atom. The van der Waals surface area contributed by atoms with Crippen molar-refractivity contribution < 1.29 is 9.59 Å². The number of hydrogen-bond donors (Lipinski definition) is 1. The highest BCUT2D eigenvalue weighted by atomic mass is 16.1. The number of Topliss-reactive ketones (excluding diaryl/α,β-unsaturated/α-hetero) is 1. The number of hydrogen-bond acceptors (Lipinski definition) is 3. The minimum absolute atomic E-state index is 0.132. The number of aromatic nitrogens is 1. The van der Waals surface area contributed by atoms with Gasteiger partial charge in [-0.3, -0.25) is 4.79 Å². The second-order valence-electron chi connectivity index (χ2n) is 7.87. The molecule has 0 spiro atoms. The van der Waals surface area contributed by atoms with Crippen LogP contribution in [0.4, 0.5) is 0 Å². The van der Waals surface area contributed by atoms with Crippen molar-refractivity contribution in [1.29, 1.82) is 0 Å². The fourth-order valence-corrected chi connectivity index (χ4v) is 3.68. The maximum atomic E-state index is 12.8. The van der Waals surface area contributed by atoms with Gasteiger partial charge in [0, 0.05) is 23.9 Å². The van der Waals surface area contributed by atoms with Crippen LogP contribution in [0.2, 0.25) is 0 Å². The van der Waals surface area contributed by atoms with E-state index in [4.69, 9.17) is 4.98 Å². The Hall–Kier alpha value is -3.01. The lowest BCUT2D eigenvalue weighted by Crippen LogP contribution is -2.25. The normalized spacial score (nSPS) is 10.9. The van der Waals surface area contributed by atoms with Crippen LogP contribution in [0.3, 0.4) is 0 Å². The molecule has 3 rings (SSSR count). The number of nitrogens with one attached hydrogen (secondary N) is 1. The third-order valence-electron chi connectivity index (χ3n) is 5.36. The van der Waals surface area contributed by atoms with Crippen LogP contribution >= 0.6 is 0 Å². The third-order valence-corrected chi connectivity index (χ3v) is 5.36. The molecule has 0 saturated carbocycles. The summed E-state index contributed by atoms with van der Waals surface area (Å²) in [5.41, 5.74) is 3.49. The smallest absolute Gasteiger partial charge is 0.269 e. The molecule has 2 aromatic carbocycles. The van der Waals surface area contributed by atoms with Gasteiger partial charge in [0.15, 0.2) is 0 Å². The molecule has 156 valence electrons. The van der Waals surface area contributed by atoms with E-state index in [9.17, 15) is 9.59 Å². The number of carbonyl (C=O) groups is 2. The molecule has 30 heavy (non-hydrogen) atoms. The Kier molecular flexibility index (Phi) is 7.72. The molecule has 0 aliphatic rings. The van der Waals surface area contributed by atoms with Gasteiger partial charge in [-0.2, -0.15) is 0 Å². The van der Waals surface area contributed by atoms with Crippen molar-refractivity contribution in [2.45, 2.75) is 52.4 Å². The van der Waals surface area contributed by atoms with E-state index in [1.165, 1.54) is 0 Å². The number of unbranched alkanes of at least 4 members (excludes halogenated alkanes) is 4. The van der Waals surface area contributed by atoms with E-state index < -0.39 is 0 Å². The van der Waals surface area contributed by atoms with Crippen LogP contribution in [0.15, 0.2) is 54.6 Å². The molecule has 0 unspecified atom stereocenters. The number of amides is 1. The summed E-state index contributed by atoms with van der Waals surface area (Å²) < 4.78 is 0. The molecule has 0 atom stereocenters. The maximum absolute atomic E-state index is 12.8. The Morgan fingerprint density at radius 2 is 1.60 bits per heavy atom. The van der Waals surface area contributed by atoms with Gasteiger partial charge in [-0.1, -0.05) is 67.8 Å². The number of carbonyl (C=O) groups excluding carboxylic acids is 2. The van der Waals surface area contributed by atoms with Gasteiger partial charge in [-0.15, -0.1) is 0 Å². The first-order chi connectivity index (χ1) is 14.6. The van der Waals surface area contributed by atoms with Crippen LogP contribution < -0.4 is 5.32 Å². The summed E-state index contributed by atoms with van der Waals surface area (Å²) >= 11 is 0. The average molecular weight is 403 g/mol. The van der Waals surface area contributed by atoms with E-state index in [1.54, 1.807) is 6.92 Å². The van der Waals surface area contributed by atoms with Crippen LogP contribution in [0.25, 0.3) is 22.0 Å². The second kappa shape index (κ2) is 10.7. The van der Waals surface area contributed by atoms with E-state index in [1.807, 2.05) is 36.4 Å². The van der Waals surface area contributed by atoms with Crippen LogP contribution in [0, 0.1) is 6.92 Å². The zero-order valence-corrected chi connectivity index (χ0v) is 17.9. The van der Waals surface area contributed by atoms with Gasteiger partial charge in [0.2, 0.25) is 0 Å². The highest BCUT2D eigenvalue weighted by molar-refractivity contribution is 6.01. The molecule has 1 amide bonds. The molecule has 0 aliphatic heterocycles. The first-order valence-electron chi connectivity index (χ1n) is 10.8. The molecule has 1 aromatic heterocycles. The standard InChI is InChI=1S/C26H30N2O2/c1-19-12-7-9-15-22(19)25-23-16-10-8-14-21(23)18-24(28-25)26(30)27-17-11-5-3-4-6-13-20(2)29/h7-10,12,14-16,18H,3-6,11,13,17H2,1-2H3,(H,27,30). The van der Waals surface area contributed by atoms with Crippen LogP contribution in [-0.2, 0) is 4.79 Å². The molecule has 0 fully saturated rings. The summed E-state index contributed by atoms with van der Waals surface area (Å²) in [7, 11) is 0. The number of benzene rings is 2. The zero-order valence-electron chi connectivity index (χ0n) is 17.9. The Balaban J connectivity index is 1.65. The van der Waals surface area contributed by atoms with Crippen LogP contribution in [-0.4, -0.2) is 23.2 Å². The van der Waals surface area contributed by atoms with E-state index in [0.717, 1.165) is 59.7 Å². The SMILES string of the molecule is CC(=O)CCCCCCCNC(=O)c1cc2ccccc2c(-c2ccccc2C)n1. The van der Waals surface area contributed by atoms with E-state index in [0.29, 0.717) is 18.7 Å². The summed E-state index contributed by atoms with van der Waals surface area (Å²) in [4.78, 5) is 28.4. The molecular formula is C26H30N2O2. The zero-order chi connectivity index (χ0) is 21.3. The third kappa shape index (κ3) is 5.76. The van der Waals surface area contributed by atoms with Crippen molar-refractivity contribution in [1.82, 2.24) is 10.3 Å². The summed E-state index contributed by atoms with van der Waals surface area (Å²) in [5, 5.41) is 5.08. The molecule has 3 aromatic rings. The van der Waals surface area contributed by atoms with Crippen LogP contribution in [0.5, 0.6) is 0 Å². The number of rotatable bonds is 10. The summed E-state index contributed by atoms with van der Waals surface area (Å²) in [5.74, 6) is 0.127. The lowest BCUT2D eigenvalue weighted by molar-refractivity contribution is -0.117. The summed E-state index contributed by atoms with van der Waals surface area (Å²) in [6.07, 6.45) is 5.79. The number of pyridine rings is 1. The van der Waals surface area contributed by atoms with Crippen molar-refractivity contribution in [3.8, 4) is 11.3 Å². The van der Waals surface area contributed by atoms with Gasteiger partial charge in [-0.05, 0) is 43.7 Å². The van der Waals surface area contributed by atoms with Gasteiger partial charge in [0.05, 0.1) is 5.69 Å². The molecular weight excluding hydrogens is 372 g/mol. The van der Waals surface area contributed by atoms with Gasteiger partial charge in [0.25, 0.3) is 5.91 Å². The van der Waals surface area contributed by atoms with Crippen molar-refractivity contribution >= 4 is 22.5 Å². The molecule has 0 radical (unpaired) electrons. The predicted molar refractivity (Wildman–Crippen MR) is 123 cm³/mol. The maximum Gasteiger partial charge on any atom is 0.269 e. The molecule has 1 N–H and O–H groups in total. The Morgan fingerprint density at radius 3 is 2.40 bits per heavy atom. The molecule has 4 heteroatoms. The highest BCUT2D eigenvalue weighted by Crippen LogP contribution is 2.29. The first-order valence-corrected chi connectivity index (χ1v) is 10.8. The number of aryl methyl sites for hydroxylation is 1. The van der Waals surface area contributed by atoms with Gasteiger partial charge < -0.3 is 10.1 Å². The van der Waals surface area contributed by atoms with Gasteiger partial charge in [0.1, 0.15) is 11.5 Å². The minimum atomic E-state index is -0.132. The number of fused-ring (bicyclic) bond motifs is 1. The van der Waals surface area contributed by atoms with Crippen molar-refractivity contribution in [2.75, 3.05) is 6.54 Å². The highest BCUT2D eigenvalue weighted by Gasteiger charge is 2.14. The monoisotopic (exact) mass is 402 g/mol. The molecule has 0 bridgehead atoms. The molecule has 0 saturated heterocycles. The van der Waals surface area contributed by atoms with Crippen molar-refractivity contribution in [3.05, 3.63) is 65.9 Å². The van der Waals surface area contributed by atoms with E-state index in [-0.39, 0.29) is 11.7 Å². The average Bonchev–Trinajstić information content (AvgIpc) is 2.75. The molecule has 4 nitrogen and oxygen atoms in total. The lowest BCUT2D eigenvalue weighted by Gasteiger charge is -2.12. The van der Waals surface area contributed by atoms with E-state index >= 15 is 0 Å². The quantitative estimate of drug-likeness (QED) is 0.432. The van der Waals surface area contributed by atoms with E-state index in [2.05, 4.69) is 30.4 Å². The van der Waals surface area contributed by atoms with Gasteiger partial charge >= 0.3 is 0 Å². The second-order valence-corrected chi connectivity index (χ2v) is 7.87. The number of nitrogens with zero attached hydrogens (tertiary/aromatic N) is 1. The Bertz CT molecular complexity index is 1030. The number of ketones is 1. The fourth-order valence-electron chi connectivity index (χ4n) is 3.68. The van der Waals surface area contributed by atoms with Crippen molar-refractivity contribution in [2.24, 2.45) is 0 Å².